The molecular formula is C22H21NO4S2. The van der Waals surface area contributed by atoms with Crippen LogP contribution in [0.25, 0.3) is 0 Å². The Balaban J connectivity index is 1.66. The number of fused-ring (bicyclic) bond motifs is 1. The number of rotatable bonds is 5. The van der Waals surface area contributed by atoms with E-state index in [4.69, 9.17) is 0 Å². The molecule has 0 fully saturated rings. The maximum atomic E-state index is 13.1. The Morgan fingerprint density at radius 2 is 1.34 bits per heavy atom. The van der Waals surface area contributed by atoms with Gasteiger partial charge in [0.15, 0.2) is 0 Å². The van der Waals surface area contributed by atoms with Gasteiger partial charge in [-0.05, 0) is 60.7 Å². The van der Waals surface area contributed by atoms with Crippen molar-refractivity contribution in [2.24, 2.45) is 0 Å². The van der Waals surface area contributed by atoms with Gasteiger partial charge in [-0.15, -0.1) is 0 Å². The largest absolute Gasteiger partial charge is 0.241 e. The molecule has 5 nitrogen and oxygen atoms in total. The fraction of sp³-hybridized carbons (Fsp3) is 0.182. The Bertz CT molecular complexity index is 1240. The SMILES string of the molecule is Cc1ccc(S(=O)(=O)c2ccccc2)cc1S(=O)(=O)NC1Cc2ccccc2C1. The quantitative estimate of drug-likeness (QED) is 0.678. The lowest BCUT2D eigenvalue weighted by Crippen LogP contribution is -2.35. The van der Waals surface area contributed by atoms with Crippen LogP contribution in [0.4, 0.5) is 0 Å². The third-order valence-corrected chi connectivity index (χ3v) is 8.62. The van der Waals surface area contributed by atoms with E-state index in [2.05, 4.69) is 4.72 Å². The second-order valence-electron chi connectivity index (χ2n) is 7.24. The summed E-state index contributed by atoms with van der Waals surface area (Å²) in [5.41, 5.74) is 2.77. The molecule has 150 valence electrons. The summed E-state index contributed by atoms with van der Waals surface area (Å²) in [5, 5.41) is 0. The zero-order valence-corrected chi connectivity index (χ0v) is 17.5. The van der Waals surface area contributed by atoms with Gasteiger partial charge in [0.1, 0.15) is 0 Å². The lowest BCUT2D eigenvalue weighted by Gasteiger charge is -2.15. The Morgan fingerprint density at radius 1 is 0.759 bits per heavy atom. The molecule has 3 aromatic carbocycles. The molecule has 1 aliphatic rings. The molecule has 1 N–H and O–H groups in total. The first-order valence-electron chi connectivity index (χ1n) is 9.27. The summed E-state index contributed by atoms with van der Waals surface area (Å²) in [5.74, 6) is 0. The normalized spacial score (nSPS) is 14.7. The number of benzene rings is 3. The molecular weight excluding hydrogens is 406 g/mol. The average Bonchev–Trinajstić information content (AvgIpc) is 3.10. The summed E-state index contributed by atoms with van der Waals surface area (Å²) in [6.07, 6.45) is 1.24. The van der Waals surface area contributed by atoms with Gasteiger partial charge in [-0.2, -0.15) is 0 Å². The van der Waals surface area contributed by atoms with E-state index in [9.17, 15) is 16.8 Å². The number of hydrogen-bond acceptors (Lipinski definition) is 4. The maximum absolute atomic E-state index is 13.1. The molecule has 3 aromatic rings. The van der Waals surface area contributed by atoms with Gasteiger partial charge >= 0.3 is 0 Å². The molecule has 0 saturated carbocycles. The van der Waals surface area contributed by atoms with E-state index >= 15 is 0 Å². The van der Waals surface area contributed by atoms with Crippen molar-refractivity contribution in [2.75, 3.05) is 0 Å². The first-order valence-corrected chi connectivity index (χ1v) is 12.2. The monoisotopic (exact) mass is 427 g/mol. The molecule has 0 saturated heterocycles. The van der Waals surface area contributed by atoms with E-state index < -0.39 is 19.9 Å². The van der Waals surface area contributed by atoms with Gasteiger partial charge in [-0.25, -0.2) is 21.6 Å². The number of nitrogens with one attached hydrogen (secondary N) is 1. The first-order chi connectivity index (χ1) is 13.8. The van der Waals surface area contributed by atoms with Gasteiger partial charge in [-0.3, -0.25) is 0 Å². The summed E-state index contributed by atoms with van der Waals surface area (Å²) < 4.78 is 54.7. The molecule has 0 unspecified atom stereocenters. The van der Waals surface area contributed by atoms with Crippen LogP contribution in [0.2, 0.25) is 0 Å². The zero-order chi connectivity index (χ0) is 20.6. The molecule has 0 radical (unpaired) electrons. The van der Waals surface area contributed by atoms with Crippen molar-refractivity contribution in [1.82, 2.24) is 4.72 Å². The van der Waals surface area contributed by atoms with Crippen LogP contribution in [-0.4, -0.2) is 22.9 Å². The van der Waals surface area contributed by atoms with Gasteiger partial charge in [0.2, 0.25) is 19.9 Å². The number of aryl methyl sites for hydroxylation is 1. The summed E-state index contributed by atoms with van der Waals surface area (Å²) in [6.45, 7) is 1.66. The highest BCUT2D eigenvalue weighted by atomic mass is 32.2. The van der Waals surface area contributed by atoms with E-state index in [-0.39, 0.29) is 20.7 Å². The zero-order valence-electron chi connectivity index (χ0n) is 15.9. The molecule has 0 aromatic heterocycles. The predicted molar refractivity (Wildman–Crippen MR) is 111 cm³/mol. The van der Waals surface area contributed by atoms with Crippen molar-refractivity contribution in [2.45, 2.75) is 40.5 Å². The minimum atomic E-state index is -3.87. The van der Waals surface area contributed by atoms with Crippen LogP contribution in [-0.2, 0) is 32.7 Å². The van der Waals surface area contributed by atoms with Gasteiger partial charge in [0.25, 0.3) is 0 Å². The van der Waals surface area contributed by atoms with Crippen molar-refractivity contribution in [1.29, 1.82) is 0 Å². The topological polar surface area (TPSA) is 80.3 Å². The number of sulfone groups is 1. The minimum absolute atomic E-state index is 0.00883. The van der Waals surface area contributed by atoms with Crippen LogP contribution in [0.15, 0.2) is 87.5 Å². The Labute approximate surface area is 171 Å². The van der Waals surface area contributed by atoms with Crippen LogP contribution in [0.1, 0.15) is 16.7 Å². The third-order valence-electron chi connectivity index (χ3n) is 5.19. The second-order valence-corrected chi connectivity index (χ2v) is 10.9. The van der Waals surface area contributed by atoms with E-state index in [0.717, 1.165) is 11.1 Å². The molecule has 0 spiro atoms. The van der Waals surface area contributed by atoms with Crippen LogP contribution in [0, 0.1) is 6.92 Å². The highest BCUT2D eigenvalue weighted by molar-refractivity contribution is 7.91. The van der Waals surface area contributed by atoms with Crippen LogP contribution in [0.5, 0.6) is 0 Å². The molecule has 1 aliphatic carbocycles. The lowest BCUT2D eigenvalue weighted by molar-refractivity contribution is 0.555. The minimum Gasteiger partial charge on any atom is -0.219 e. The second kappa shape index (κ2) is 7.40. The molecule has 0 bridgehead atoms. The number of hydrogen-bond donors (Lipinski definition) is 1. The average molecular weight is 428 g/mol. The fourth-order valence-electron chi connectivity index (χ4n) is 3.70. The summed E-state index contributed by atoms with van der Waals surface area (Å²) in [7, 11) is -7.67. The molecule has 0 heterocycles. The van der Waals surface area contributed by atoms with Crippen molar-refractivity contribution in [3.05, 3.63) is 89.5 Å². The van der Waals surface area contributed by atoms with Crippen molar-refractivity contribution in [3.63, 3.8) is 0 Å². The Morgan fingerprint density at radius 3 is 1.97 bits per heavy atom. The standard InChI is InChI=1S/C22H21NO4S2/c1-16-11-12-21(28(24,25)20-9-3-2-4-10-20)15-22(16)29(26,27)23-19-13-17-7-5-6-8-18(17)14-19/h2-12,15,19,23H,13-14H2,1H3. The van der Waals surface area contributed by atoms with Crippen LogP contribution >= 0.6 is 0 Å². The third kappa shape index (κ3) is 3.85. The highest BCUT2D eigenvalue weighted by Crippen LogP contribution is 2.27. The molecule has 7 heteroatoms. The van der Waals surface area contributed by atoms with Crippen LogP contribution in [0.3, 0.4) is 0 Å². The Kier molecular flexibility index (Phi) is 5.06. The smallest absolute Gasteiger partial charge is 0.219 e. The summed E-state index contributed by atoms with van der Waals surface area (Å²) in [6, 6.07) is 19.9. The van der Waals surface area contributed by atoms with E-state index in [0.29, 0.717) is 18.4 Å². The first kappa shape index (κ1) is 19.8. The van der Waals surface area contributed by atoms with Gasteiger partial charge in [-0.1, -0.05) is 48.5 Å². The molecule has 29 heavy (non-hydrogen) atoms. The molecule has 0 aliphatic heterocycles. The molecule has 4 rings (SSSR count). The molecule has 0 amide bonds. The van der Waals surface area contributed by atoms with E-state index in [1.165, 1.54) is 30.3 Å². The van der Waals surface area contributed by atoms with Gasteiger partial charge in [0, 0.05) is 6.04 Å². The van der Waals surface area contributed by atoms with E-state index in [1.807, 2.05) is 24.3 Å². The fourth-order valence-corrected chi connectivity index (χ4v) is 6.59. The number of sulfonamides is 1. The van der Waals surface area contributed by atoms with Crippen molar-refractivity contribution < 1.29 is 16.8 Å². The molecule has 0 atom stereocenters. The lowest BCUT2D eigenvalue weighted by atomic mass is 10.1. The summed E-state index contributed by atoms with van der Waals surface area (Å²) in [4.78, 5) is 0.0845. The van der Waals surface area contributed by atoms with Crippen molar-refractivity contribution >= 4 is 19.9 Å². The highest BCUT2D eigenvalue weighted by Gasteiger charge is 2.28. The van der Waals surface area contributed by atoms with E-state index in [1.54, 1.807) is 25.1 Å². The van der Waals surface area contributed by atoms with Crippen molar-refractivity contribution in [3.8, 4) is 0 Å². The summed E-state index contributed by atoms with van der Waals surface area (Å²) >= 11 is 0. The Hall–Kier alpha value is -2.48. The van der Waals surface area contributed by atoms with Gasteiger partial charge in [0.05, 0.1) is 14.7 Å². The van der Waals surface area contributed by atoms with Crippen LogP contribution < -0.4 is 4.72 Å². The predicted octanol–water partition coefficient (Wildman–Crippen LogP) is 3.27. The maximum Gasteiger partial charge on any atom is 0.241 e. The van der Waals surface area contributed by atoms with Gasteiger partial charge < -0.3 is 0 Å².